The summed E-state index contributed by atoms with van der Waals surface area (Å²) < 4.78 is 80.8. The molecule has 0 aliphatic heterocycles. The van der Waals surface area contributed by atoms with E-state index in [1.54, 1.807) is 6.07 Å². The van der Waals surface area contributed by atoms with Crippen LogP contribution in [0.4, 0.5) is 17.6 Å². The SMILES string of the molecule is O=c1cc(C(F)(F)F)c2cc(S(=O)(=O)NCCSCc3c(F)cccc3Cl)ccc2[nH]1. The van der Waals surface area contributed by atoms with Crippen molar-refractivity contribution in [2.24, 2.45) is 0 Å². The molecule has 0 aliphatic rings. The van der Waals surface area contributed by atoms with Crippen molar-refractivity contribution in [3.63, 3.8) is 0 Å². The lowest BCUT2D eigenvalue weighted by Crippen LogP contribution is -2.26. The minimum absolute atomic E-state index is 0.0329. The van der Waals surface area contributed by atoms with Gasteiger partial charge in [0.2, 0.25) is 15.6 Å². The Labute approximate surface area is 183 Å². The van der Waals surface area contributed by atoms with E-state index in [2.05, 4.69) is 9.71 Å². The number of hydrogen-bond acceptors (Lipinski definition) is 4. The van der Waals surface area contributed by atoms with Crippen molar-refractivity contribution < 1.29 is 26.0 Å². The van der Waals surface area contributed by atoms with Crippen molar-refractivity contribution >= 4 is 44.3 Å². The van der Waals surface area contributed by atoms with Crippen molar-refractivity contribution in [3.8, 4) is 0 Å². The van der Waals surface area contributed by atoms with Crippen LogP contribution in [0.2, 0.25) is 5.02 Å². The highest BCUT2D eigenvalue weighted by Crippen LogP contribution is 2.34. The van der Waals surface area contributed by atoms with Gasteiger partial charge in [-0.05, 0) is 30.3 Å². The van der Waals surface area contributed by atoms with Crippen molar-refractivity contribution in [3.05, 3.63) is 74.8 Å². The second kappa shape index (κ2) is 9.19. The highest BCUT2D eigenvalue weighted by atomic mass is 35.5. The lowest BCUT2D eigenvalue weighted by atomic mass is 10.1. The number of aromatic amines is 1. The molecule has 3 aromatic rings. The summed E-state index contributed by atoms with van der Waals surface area (Å²) in [7, 11) is -4.11. The van der Waals surface area contributed by atoms with Crippen LogP contribution in [0.25, 0.3) is 10.9 Å². The molecule has 0 fully saturated rings. The van der Waals surface area contributed by atoms with Gasteiger partial charge >= 0.3 is 6.18 Å². The summed E-state index contributed by atoms with van der Waals surface area (Å²) in [6.07, 6.45) is -4.83. The number of thioether (sulfide) groups is 1. The zero-order valence-corrected chi connectivity index (χ0v) is 18.0. The fraction of sp³-hybridized carbons (Fsp3) is 0.211. The van der Waals surface area contributed by atoms with Crippen LogP contribution in [-0.2, 0) is 22.0 Å². The van der Waals surface area contributed by atoms with Crippen molar-refractivity contribution in [1.82, 2.24) is 9.71 Å². The molecule has 5 nitrogen and oxygen atoms in total. The normalized spacial score (nSPS) is 12.4. The van der Waals surface area contributed by atoms with E-state index in [4.69, 9.17) is 11.6 Å². The number of sulfonamides is 1. The molecule has 1 heterocycles. The summed E-state index contributed by atoms with van der Waals surface area (Å²) in [6.45, 7) is -0.0329. The standard InChI is InChI=1S/C19H15ClF4N2O3S2/c20-15-2-1-3-16(21)13(15)10-30-7-6-25-31(28,29)11-4-5-17-12(8-11)14(19(22,23)24)9-18(27)26-17/h1-5,8-9,25H,6-7,10H2,(H,26,27). The molecule has 3 rings (SSSR count). The molecule has 2 aromatic carbocycles. The van der Waals surface area contributed by atoms with Crippen LogP contribution in [0.15, 0.2) is 52.2 Å². The number of aromatic nitrogens is 1. The third-order valence-corrected chi connectivity index (χ3v) is 7.08. The number of fused-ring (bicyclic) bond motifs is 1. The van der Waals surface area contributed by atoms with Crippen LogP contribution in [0.3, 0.4) is 0 Å². The fourth-order valence-electron chi connectivity index (χ4n) is 2.81. The number of hydrogen-bond donors (Lipinski definition) is 2. The molecule has 0 radical (unpaired) electrons. The molecule has 0 saturated heterocycles. The van der Waals surface area contributed by atoms with Crippen LogP contribution in [0.5, 0.6) is 0 Å². The Bertz CT molecular complexity index is 1260. The lowest BCUT2D eigenvalue weighted by Gasteiger charge is -2.12. The van der Waals surface area contributed by atoms with Gasteiger partial charge in [-0.3, -0.25) is 4.79 Å². The molecule has 0 spiro atoms. The largest absolute Gasteiger partial charge is 0.417 e. The first-order valence-electron chi connectivity index (χ1n) is 8.73. The molecule has 166 valence electrons. The monoisotopic (exact) mass is 494 g/mol. The van der Waals surface area contributed by atoms with Crippen LogP contribution in [0.1, 0.15) is 11.1 Å². The van der Waals surface area contributed by atoms with Crippen LogP contribution >= 0.6 is 23.4 Å². The number of pyridine rings is 1. The first-order valence-corrected chi connectivity index (χ1v) is 11.8. The van der Waals surface area contributed by atoms with E-state index < -0.39 is 38.5 Å². The lowest BCUT2D eigenvalue weighted by molar-refractivity contribution is -0.136. The van der Waals surface area contributed by atoms with E-state index in [1.807, 2.05) is 0 Å². The predicted octanol–water partition coefficient (Wildman–Crippen LogP) is 4.55. The van der Waals surface area contributed by atoms with Gasteiger partial charge < -0.3 is 4.98 Å². The smallest absolute Gasteiger partial charge is 0.322 e. The summed E-state index contributed by atoms with van der Waals surface area (Å²) in [6, 6.07) is 7.75. The van der Waals surface area contributed by atoms with Gasteiger partial charge in [0.15, 0.2) is 0 Å². The number of halogens is 5. The van der Waals surface area contributed by atoms with E-state index in [1.165, 1.54) is 23.9 Å². The molecule has 0 aliphatic carbocycles. The summed E-state index contributed by atoms with van der Waals surface area (Å²) in [5.41, 5.74) is -1.99. The second-order valence-electron chi connectivity index (χ2n) is 6.40. The quantitative estimate of drug-likeness (QED) is 0.373. The average molecular weight is 495 g/mol. The van der Waals surface area contributed by atoms with Crippen molar-refractivity contribution in [2.75, 3.05) is 12.3 Å². The third kappa shape index (κ3) is 5.59. The molecule has 0 atom stereocenters. The second-order valence-corrected chi connectivity index (χ2v) is 9.68. The molecule has 31 heavy (non-hydrogen) atoms. The van der Waals surface area contributed by atoms with Crippen LogP contribution in [0, 0.1) is 5.82 Å². The minimum atomic E-state index is -4.83. The fourth-order valence-corrected chi connectivity index (χ4v) is 5.19. The summed E-state index contributed by atoms with van der Waals surface area (Å²) in [5, 5.41) is -0.165. The number of alkyl halides is 3. The van der Waals surface area contributed by atoms with E-state index in [0.29, 0.717) is 11.6 Å². The van der Waals surface area contributed by atoms with Crippen LogP contribution in [-0.4, -0.2) is 25.7 Å². The van der Waals surface area contributed by atoms with E-state index in [-0.39, 0.29) is 33.5 Å². The molecule has 1 aromatic heterocycles. The Morgan fingerprint density at radius 2 is 1.87 bits per heavy atom. The molecular formula is C19H15ClF4N2O3S2. The maximum Gasteiger partial charge on any atom is 0.417 e. The van der Waals surface area contributed by atoms with E-state index in [9.17, 15) is 30.8 Å². The van der Waals surface area contributed by atoms with Gasteiger partial charge in [0, 0.05) is 45.6 Å². The number of nitrogens with one attached hydrogen (secondary N) is 2. The Balaban J connectivity index is 1.72. The van der Waals surface area contributed by atoms with Crippen molar-refractivity contribution in [1.29, 1.82) is 0 Å². The molecule has 12 heteroatoms. The van der Waals surface area contributed by atoms with Gasteiger partial charge in [0.1, 0.15) is 5.82 Å². The summed E-state index contributed by atoms with van der Waals surface area (Å²) in [5.74, 6) is 0.0414. The molecule has 0 unspecified atom stereocenters. The Hall–Kier alpha value is -2.08. The van der Waals surface area contributed by atoms with Gasteiger partial charge in [-0.2, -0.15) is 24.9 Å². The molecule has 0 saturated carbocycles. The topological polar surface area (TPSA) is 79.0 Å². The molecule has 0 bridgehead atoms. The number of rotatable bonds is 7. The van der Waals surface area contributed by atoms with E-state index >= 15 is 0 Å². The number of benzene rings is 2. The predicted molar refractivity (Wildman–Crippen MR) is 112 cm³/mol. The Kier molecular flexibility index (Phi) is 6.99. The first kappa shape index (κ1) is 23.6. The van der Waals surface area contributed by atoms with E-state index in [0.717, 1.165) is 18.2 Å². The summed E-state index contributed by atoms with van der Waals surface area (Å²) in [4.78, 5) is 13.3. The van der Waals surface area contributed by atoms with Gasteiger partial charge in [0.25, 0.3) is 0 Å². The zero-order valence-electron chi connectivity index (χ0n) is 15.6. The first-order chi connectivity index (χ1) is 14.5. The van der Waals surface area contributed by atoms with Gasteiger partial charge in [-0.25, -0.2) is 17.5 Å². The highest BCUT2D eigenvalue weighted by molar-refractivity contribution is 7.98. The number of H-pyrrole nitrogens is 1. The Morgan fingerprint density at radius 1 is 1.13 bits per heavy atom. The van der Waals surface area contributed by atoms with Crippen LogP contribution < -0.4 is 10.3 Å². The molecular weight excluding hydrogens is 480 g/mol. The summed E-state index contributed by atoms with van der Waals surface area (Å²) >= 11 is 7.17. The molecule has 0 amide bonds. The Morgan fingerprint density at radius 3 is 2.55 bits per heavy atom. The van der Waals surface area contributed by atoms with Crippen molar-refractivity contribution in [2.45, 2.75) is 16.8 Å². The molecule has 2 N–H and O–H groups in total. The zero-order chi connectivity index (χ0) is 22.8. The van der Waals surface area contributed by atoms with Gasteiger partial charge in [-0.15, -0.1) is 0 Å². The average Bonchev–Trinajstić information content (AvgIpc) is 2.68. The minimum Gasteiger partial charge on any atom is -0.322 e. The highest BCUT2D eigenvalue weighted by Gasteiger charge is 2.33. The van der Waals surface area contributed by atoms with Gasteiger partial charge in [-0.1, -0.05) is 17.7 Å². The maximum absolute atomic E-state index is 13.7. The maximum atomic E-state index is 13.7. The van der Waals surface area contributed by atoms with Gasteiger partial charge in [0.05, 0.1) is 10.5 Å². The third-order valence-electron chi connectivity index (χ3n) is 4.28.